The number of hydrogen-bond donors (Lipinski definition) is 0. The van der Waals surface area contributed by atoms with E-state index in [1.807, 2.05) is 0 Å². The van der Waals surface area contributed by atoms with Gasteiger partial charge in [0.15, 0.2) is 0 Å². The van der Waals surface area contributed by atoms with Crippen LogP contribution >= 0.6 is 0 Å². The second-order valence-electron chi connectivity index (χ2n) is 10.9. The molecule has 0 saturated carbocycles. The Morgan fingerprint density at radius 2 is 1.10 bits per heavy atom. The van der Waals surface area contributed by atoms with E-state index < -0.39 is 0 Å². The molecule has 9 rings (SSSR count). The van der Waals surface area contributed by atoms with Crippen LogP contribution in [0.2, 0.25) is 0 Å². The molecule has 0 radical (unpaired) electrons. The van der Waals surface area contributed by atoms with Crippen molar-refractivity contribution in [1.82, 2.24) is 4.57 Å². The highest BCUT2D eigenvalue weighted by atomic mass is 16.5. The molecule has 0 amide bonds. The summed E-state index contributed by atoms with van der Waals surface area (Å²) >= 11 is 0. The molecule has 0 saturated heterocycles. The van der Waals surface area contributed by atoms with Gasteiger partial charge in [-0.2, -0.15) is 0 Å². The first-order chi connectivity index (χ1) is 20.8. The van der Waals surface area contributed by atoms with Crippen LogP contribution in [0.3, 0.4) is 0 Å². The van der Waals surface area contributed by atoms with Gasteiger partial charge in [-0.15, -0.1) is 0 Å². The normalized spacial score (nSPS) is 12.0. The fourth-order valence-corrected chi connectivity index (χ4v) is 6.69. The zero-order valence-corrected chi connectivity index (χ0v) is 22.8. The van der Waals surface area contributed by atoms with Gasteiger partial charge in [-0.3, -0.25) is 0 Å². The van der Waals surface area contributed by atoms with Crippen LogP contribution in [0.15, 0.2) is 152 Å². The Morgan fingerprint density at radius 1 is 0.381 bits per heavy atom. The third kappa shape index (κ3) is 3.39. The molecule has 0 aliphatic carbocycles. The summed E-state index contributed by atoms with van der Waals surface area (Å²) in [4.78, 5) is 0. The SMILES string of the molecule is c1ccc(-c2ccc3c(c2)-c2cccc4c(-c5ccc6c7ccccc7n(-c7ccccc7)c6c5)ccc(c24)O3)cc1. The number of para-hydroxylation sites is 2. The van der Waals surface area contributed by atoms with Gasteiger partial charge in [-0.05, 0) is 75.7 Å². The van der Waals surface area contributed by atoms with Crippen LogP contribution < -0.4 is 4.74 Å². The van der Waals surface area contributed by atoms with Crippen LogP contribution in [0.25, 0.3) is 71.6 Å². The zero-order valence-electron chi connectivity index (χ0n) is 22.8. The fraction of sp³-hybridized carbons (Fsp3) is 0. The molecule has 2 heteroatoms. The van der Waals surface area contributed by atoms with E-state index in [9.17, 15) is 0 Å². The highest BCUT2D eigenvalue weighted by Gasteiger charge is 2.22. The van der Waals surface area contributed by atoms with Crippen molar-refractivity contribution in [2.24, 2.45) is 0 Å². The molecule has 0 spiro atoms. The van der Waals surface area contributed by atoms with Crippen molar-refractivity contribution in [2.45, 2.75) is 0 Å². The van der Waals surface area contributed by atoms with Gasteiger partial charge in [0.05, 0.1) is 11.0 Å². The molecule has 0 unspecified atom stereocenters. The highest BCUT2D eigenvalue weighted by Crippen LogP contribution is 2.49. The smallest absolute Gasteiger partial charge is 0.135 e. The summed E-state index contributed by atoms with van der Waals surface area (Å²) in [6.07, 6.45) is 0. The van der Waals surface area contributed by atoms with Gasteiger partial charge < -0.3 is 9.30 Å². The van der Waals surface area contributed by atoms with Gasteiger partial charge >= 0.3 is 0 Å². The van der Waals surface area contributed by atoms with Gasteiger partial charge in [-0.1, -0.05) is 109 Å². The minimum atomic E-state index is 0.899. The van der Waals surface area contributed by atoms with Crippen LogP contribution in [0.4, 0.5) is 0 Å². The van der Waals surface area contributed by atoms with Gasteiger partial charge in [0.1, 0.15) is 11.5 Å². The van der Waals surface area contributed by atoms with E-state index in [-0.39, 0.29) is 0 Å². The van der Waals surface area contributed by atoms with E-state index in [0.717, 1.165) is 28.1 Å². The molecule has 1 aromatic heterocycles. The number of nitrogens with zero attached hydrogens (tertiary/aromatic N) is 1. The summed E-state index contributed by atoms with van der Waals surface area (Å²) < 4.78 is 8.89. The molecule has 8 aromatic rings. The predicted octanol–water partition coefficient (Wildman–Crippen LogP) is 11.0. The summed E-state index contributed by atoms with van der Waals surface area (Å²) in [7, 11) is 0. The maximum atomic E-state index is 6.51. The minimum absolute atomic E-state index is 0.899. The van der Waals surface area contributed by atoms with Gasteiger partial charge in [-0.25, -0.2) is 0 Å². The molecule has 0 N–H and O–H groups in total. The van der Waals surface area contributed by atoms with E-state index in [0.29, 0.717) is 0 Å². The quantitative estimate of drug-likeness (QED) is 0.219. The third-order valence-electron chi connectivity index (χ3n) is 8.60. The molecule has 7 aromatic carbocycles. The molecule has 1 aliphatic heterocycles. The zero-order chi connectivity index (χ0) is 27.6. The van der Waals surface area contributed by atoms with Crippen molar-refractivity contribution in [2.75, 3.05) is 0 Å². The molecule has 2 heterocycles. The lowest BCUT2D eigenvalue weighted by Gasteiger charge is -2.23. The van der Waals surface area contributed by atoms with Crippen molar-refractivity contribution in [3.8, 4) is 50.6 Å². The molecule has 0 atom stereocenters. The average Bonchev–Trinajstić information content (AvgIpc) is 3.39. The lowest BCUT2D eigenvalue weighted by Crippen LogP contribution is -1.98. The standard InChI is InChI=1S/C40H25NO/c1-3-10-26(11-4-1)27-19-22-38-35(24-27)34-16-9-15-33-30(21-23-39(42-38)40(33)34)28-18-20-32-31-14-7-8-17-36(31)41(37(32)25-28)29-12-5-2-6-13-29/h1-25H. The van der Waals surface area contributed by atoms with Crippen molar-refractivity contribution < 1.29 is 4.74 Å². The van der Waals surface area contributed by atoms with Crippen LogP contribution in [-0.4, -0.2) is 4.57 Å². The minimum Gasteiger partial charge on any atom is -0.456 e. The Balaban J connectivity index is 1.27. The third-order valence-corrected chi connectivity index (χ3v) is 8.60. The average molecular weight is 536 g/mol. The lowest BCUT2D eigenvalue weighted by molar-refractivity contribution is 0.487. The summed E-state index contributed by atoms with van der Waals surface area (Å²) in [5.74, 6) is 1.81. The summed E-state index contributed by atoms with van der Waals surface area (Å²) in [6, 6.07) is 54.2. The lowest BCUT2D eigenvalue weighted by atomic mass is 9.89. The van der Waals surface area contributed by atoms with Gasteiger partial charge in [0.2, 0.25) is 0 Å². The Hall–Kier alpha value is -5.60. The largest absolute Gasteiger partial charge is 0.456 e. The van der Waals surface area contributed by atoms with E-state index in [1.165, 1.54) is 55.0 Å². The summed E-state index contributed by atoms with van der Waals surface area (Å²) in [5.41, 5.74) is 10.7. The Labute approximate surface area is 243 Å². The number of aromatic nitrogens is 1. The fourth-order valence-electron chi connectivity index (χ4n) is 6.69. The van der Waals surface area contributed by atoms with E-state index in [4.69, 9.17) is 4.74 Å². The van der Waals surface area contributed by atoms with E-state index in [2.05, 4.69) is 156 Å². The number of benzene rings is 7. The summed E-state index contributed by atoms with van der Waals surface area (Å²) in [5, 5.41) is 4.88. The second-order valence-corrected chi connectivity index (χ2v) is 10.9. The molecular weight excluding hydrogens is 510 g/mol. The van der Waals surface area contributed by atoms with Crippen LogP contribution in [0, 0.1) is 0 Å². The summed E-state index contributed by atoms with van der Waals surface area (Å²) in [6.45, 7) is 0. The first-order valence-electron chi connectivity index (χ1n) is 14.4. The maximum Gasteiger partial charge on any atom is 0.135 e. The van der Waals surface area contributed by atoms with E-state index in [1.54, 1.807) is 0 Å². The molecule has 2 nitrogen and oxygen atoms in total. The Kier molecular flexibility index (Phi) is 4.93. The van der Waals surface area contributed by atoms with Crippen molar-refractivity contribution in [1.29, 1.82) is 0 Å². The second kappa shape index (κ2) is 8.95. The monoisotopic (exact) mass is 535 g/mol. The van der Waals surface area contributed by atoms with Crippen molar-refractivity contribution in [3.63, 3.8) is 0 Å². The van der Waals surface area contributed by atoms with Crippen molar-refractivity contribution >= 4 is 32.6 Å². The number of ether oxygens (including phenoxy) is 1. The maximum absolute atomic E-state index is 6.51. The molecule has 196 valence electrons. The predicted molar refractivity (Wildman–Crippen MR) is 175 cm³/mol. The molecule has 1 aliphatic rings. The Bertz CT molecular complexity index is 2310. The number of fused-ring (bicyclic) bond motifs is 5. The first-order valence-corrected chi connectivity index (χ1v) is 14.4. The first kappa shape index (κ1) is 23.1. The van der Waals surface area contributed by atoms with E-state index >= 15 is 0 Å². The number of hydrogen-bond acceptors (Lipinski definition) is 1. The molecule has 0 bridgehead atoms. The van der Waals surface area contributed by atoms with Crippen LogP contribution in [0.5, 0.6) is 11.5 Å². The Morgan fingerprint density at radius 3 is 1.98 bits per heavy atom. The van der Waals surface area contributed by atoms with Crippen LogP contribution in [0.1, 0.15) is 0 Å². The van der Waals surface area contributed by atoms with Crippen molar-refractivity contribution in [3.05, 3.63) is 152 Å². The molecular formula is C40H25NO. The topological polar surface area (TPSA) is 14.2 Å². The van der Waals surface area contributed by atoms with Gasteiger partial charge in [0.25, 0.3) is 0 Å². The molecule has 42 heavy (non-hydrogen) atoms. The van der Waals surface area contributed by atoms with Gasteiger partial charge in [0, 0.05) is 27.4 Å². The van der Waals surface area contributed by atoms with Crippen LogP contribution in [-0.2, 0) is 0 Å². The highest BCUT2D eigenvalue weighted by molar-refractivity contribution is 6.13. The number of rotatable bonds is 3. The molecule has 0 fully saturated rings.